The van der Waals surface area contributed by atoms with Gasteiger partial charge in [-0.25, -0.2) is 0 Å². The monoisotopic (exact) mass is 331 g/mol. The highest BCUT2D eigenvalue weighted by molar-refractivity contribution is 7.16. The van der Waals surface area contributed by atoms with Gasteiger partial charge in [-0.2, -0.15) is 5.26 Å². The van der Waals surface area contributed by atoms with Crippen molar-refractivity contribution in [2.75, 3.05) is 24.5 Å². The first kappa shape index (κ1) is 17.2. The first-order chi connectivity index (χ1) is 10.7. The molecule has 2 amide bonds. The Hall–Kier alpha value is -2.13. The molecule has 0 bridgehead atoms. The van der Waals surface area contributed by atoms with Gasteiger partial charge in [-0.1, -0.05) is 26.8 Å². The Morgan fingerprint density at radius 1 is 1.35 bits per heavy atom. The molecular formula is C17H21N3O2S. The van der Waals surface area contributed by atoms with Crippen LogP contribution in [-0.4, -0.2) is 36.3 Å². The van der Waals surface area contributed by atoms with Gasteiger partial charge < -0.3 is 9.80 Å². The first-order valence-electron chi connectivity index (χ1n) is 7.50. The molecule has 0 aliphatic carbocycles. The van der Waals surface area contributed by atoms with Crippen LogP contribution in [-0.2, 0) is 9.59 Å². The molecule has 0 unspecified atom stereocenters. The molecule has 0 radical (unpaired) electrons. The molecule has 1 aromatic rings. The molecular weight excluding hydrogens is 310 g/mol. The number of amides is 2. The zero-order chi connectivity index (χ0) is 17.2. The number of nitriles is 1. The van der Waals surface area contributed by atoms with Gasteiger partial charge in [0.1, 0.15) is 18.2 Å². The highest BCUT2D eigenvalue weighted by atomic mass is 32.1. The van der Waals surface area contributed by atoms with Gasteiger partial charge in [0.25, 0.3) is 5.91 Å². The van der Waals surface area contributed by atoms with E-state index in [0.717, 1.165) is 9.88 Å². The third-order valence-corrected chi connectivity index (χ3v) is 4.45. The van der Waals surface area contributed by atoms with Gasteiger partial charge in [-0.3, -0.25) is 9.59 Å². The second-order valence-electron chi connectivity index (χ2n) is 6.69. The van der Waals surface area contributed by atoms with Crippen LogP contribution in [0.3, 0.4) is 0 Å². The van der Waals surface area contributed by atoms with Crippen molar-refractivity contribution in [3.63, 3.8) is 0 Å². The summed E-state index contributed by atoms with van der Waals surface area (Å²) >= 11 is 1.56. The lowest BCUT2D eigenvalue weighted by molar-refractivity contribution is -0.133. The van der Waals surface area contributed by atoms with Gasteiger partial charge in [0.05, 0.1) is 5.00 Å². The van der Waals surface area contributed by atoms with Crippen molar-refractivity contribution >= 4 is 28.2 Å². The summed E-state index contributed by atoms with van der Waals surface area (Å²) in [6, 6.07) is 5.87. The molecule has 1 aliphatic rings. The average molecular weight is 331 g/mol. The number of hydrogen-bond donors (Lipinski definition) is 0. The molecule has 0 saturated carbocycles. The predicted molar refractivity (Wildman–Crippen MR) is 91.1 cm³/mol. The van der Waals surface area contributed by atoms with E-state index in [2.05, 4.69) is 0 Å². The van der Waals surface area contributed by atoms with Crippen LogP contribution >= 0.6 is 11.3 Å². The second-order valence-corrected chi connectivity index (χ2v) is 7.96. The number of rotatable bonds is 2. The average Bonchev–Trinajstić information content (AvgIpc) is 2.89. The molecule has 1 aliphatic heterocycles. The quantitative estimate of drug-likeness (QED) is 0.618. The van der Waals surface area contributed by atoms with E-state index in [1.807, 2.05) is 45.9 Å². The minimum atomic E-state index is -0.363. The summed E-state index contributed by atoms with van der Waals surface area (Å²) in [5.41, 5.74) is -0.160. The summed E-state index contributed by atoms with van der Waals surface area (Å²) in [4.78, 5) is 29.1. The molecule has 0 spiro atoms. The summed E-state index contributed by atoms with van der Waals surface area (Å²) in [6.45, 7) is 8.69. The van der Waals surface area contributed by atoms with E-state index < -0.39 is 0 Å². The number of thiophene rings is 1. The topological polar surface area (TPSA) is 64.4 Å². The van der Waals surface area contributed by atoms with Crippen LogP contribution in [0.15, 0.2) is 23.8 Å². The van der Waals surface area contributed by atoms with Crippen molar-refractivity contribution in [1.29, 1.82) is 5.26 Å². The van der Waals surface area contributed by atoms with Gasteiger partial charge in [-0.15, -0.1) is 11.3 Å². The maximum Gasteiger partial charge on any atom is 0.264 e. The van der Waals surface area contributed by atoms with E-state index in [1.54, 1.807) is 22.3 Å². The van der Waals surface area contributed by atoms with Crippen molar-refractivity contribution in [2.45, 2.75) is 27.7 Å². The van der Waals surface area contributed by atoms with E-state index in [0.29, 0.717) is 13.1 Å². The molecule has 6 heteroatoms. The molecule has 0 aromatic carbocycles. The van der Waals surface area contributed by atoms with Crippen LogP contribution < -0.4 is 4.90 Å². The summed E-state index contributed by atoms with van der Waals surface area (Å²) < 4.78 is 0. The lowest BCUT2D eigenvalue weighted by atomic mass is 9.93. The van der Waals surface area contributed by atoms with Crippen molar-refractivity contribution in [2.24, 2.45) is 5.41 Å². The first-order valence-corrected chi connectivity index (χ1v) is 8.32. The lowest BCUT2D eigenvalue weighted by Crippen LogP contribution is -2.52. The Morgan fingerprint density at radius 3 is 2.52 bits per heavy atom. The summed E-state index contributed by atoms with van der Waals surface area (Å²) in [5.74, 6) is -0.475. The van der Waals surface area contributed by atoms with Crippen LogP contribution in [0.5, 0.6) is 0 Å². The molecule has 122 valence electrons. The molecule has 2 heterocycles. The standard InChI is InChI=1S/C17H21N3O2S/c1-12-5-6-15(23-12)20-8-7-19(11-14(20)21)16(22)13(10-18)9-17(2,3)4/h5-6,9H,7-8,11H2,1-4H3/b13-9+. The van der Waals surface area contributed by atoms with Crippen molar-refractivity contribution in [1.82, 2.24) is 4.90 Å². The van der Waals surface area contributed by atoms with Crippen molar-refractivity contribution in [3.8, 4) is 6.07 Å². The number of hydrogen-bond acceptors (Lipinski definition) is 4. The molecule has 1 aromatic heterocycles. The zero-order valence-electron chi connectivity index (χ0n) is 13.9. The Labute approximate surface area is 140 Å². The number of anilines is 1. The second kappa shape index (κ2) is 6.55. The summed E-state index contributed by atoms with van der Waals surface area (Å²) in [7, 11) is 0. The van der Waals surface area contributed by atoms with E-state index in [-0.39, 0.29) is 29.3 Å². The van der Waals surface area contributed by atoms with Gasteiger partial charge in [0, 0.05) is 18.0 Å². The molecule has 23 heavy (non-hydrogen) atoms. The van der Waals surface area contributed by atoms with Crippen LogP contribution in [0.25, 0.3) is 0 Å². The number of allylic oxidation sites excluding steroid dienone is 1. The van der Waals surface area contributed by atoms with Crippen LogP contribution in [0.1, 0.15) is 25.6 Å². The fraction of sp³-hybridized carbons (Fsp3) is 0.471. The Kier molecular flexibility index (Phi) is 4.90. The summed E-state index contributed by atoms with van der Waals surface area (Å²) in [5, 5.41) is 10.1. The maximum absolute atomic E-state index is 12.5. The SMILES string of the molecule is Cc1ccc(N2CCN(C(=O)/C(C#N)=C/C(C)(C)C)CC2=O)s1. The number of nitrogens with zero attached hydrogens (tertiary/aromatic N) is 3. The van der Waals surface area contributed by atoms with Gasteiger partial charge in [0.2, 0.25) is 5.91 Å². The number of carbonyl (C=O) groups is 2. The fourth-order valence-electron chi connectivity index (χ4n) is 2.39. The normalized spacial score (nSPS) is 16.5. The molecule has 0 atom stereocenters. The Morgan fingerprint density at radius 2 is 2.04 bits per heavy atom. The van der Waals surface area contributed by atoms with Crippen LogP contribution in [0.2, 0.25) is 0 Å². The van der Waals surface area contributed by atoms with Gasteiger partial charge >= 0.3 is 0 Å². The van der Waals surface area contributed by atoms with Gasteiger partial charge in [-0.05, 0) is 24.5 Å². The molecule has 1 fully saturated rings. The van der Waals surface area contributed by atoms with Crippen LogP contribution in [0, 0.1) is 23.7 Å². The molecule has 1 saturated heterocycles. The predicted octanol–water partition coefficient (Wildman–Crippen LogP) is 2.73. The fourth-order valence-corrected chi connectivity index (χ4v) is 3.30. The lowest BCUT2D eigenvalue weighted by Gasteiger charge is -2.33. The number of carbonyl (C=O) groups excluding carboxylic acids is 2. The Balaban J connectivity index is 2.11. The van der Waals surface area contributed by atoms with E-state index in [4.69, 9.17) is 0 Å². The Bertz CT molecular complexity index is 691. The minimum absolute atomic E-state index is 0.0128. The summed E-state index contributed by atoms with van der Waals surface area (Å²) in [6.07, 6.45) is 1.66. The molecule has 5 nitrogen and oxygen atoms in total. The zero-order valence-corrected chi connectivity index (χ0v) is 14.7. The smallest absolute Gasteiger partial charge is 0.264 e. The number of piperazine rings is 1. The number of aryl methyl sites for hydroxylation is 1. The molecule has 2 rings (SSSR count). The largest absolute Gasteiger partial charge is 0.327 e. The molecule has 0 N–H and O–H groups in total. The minimum Gasteiger partial charge on any atom is -0.327 e. The third kappa shape index (κ3) is 4.20. The van der Waals surface area contributed by atoms with E-state index in [1.165, 1.54) is 4.90 Å². The van der Waals surface area contributed by atoms with E-state index in [9.17, 15) is 14.9 Å². The third-order valence-electron chi connectivity index (χ3n) is 3.43. The van der Waals surface area contributed by atoms with Crippen molar-refractivity contribution in [3.05, 3.63) is 28.7 Å². The van der Waals surface area contributed by atoms with Crippen molar-refractivity contribution < 1.29 is 9.59 Å². The highest BCUT2D eigenvalue weighted by Crippen LogP contribution is 2.27. The van der Waals surface area contributed by atoms with Gasteiger partial charge in [0.15, 0.2) is 0 Å². The van der Waals surface area contributed by atoms with E-state index >= 15 is 0 Å². The maximum atomic E-state index is 12.5. The highest BCUT2D eigenvalue weighted by Gasteiger charge is 2.30. The van der Waals surface area contributed by atoms with Crippen LogP contribution in [0.4, 0.5) is 5.00 Å².